The zero-order valence-electron chi connectivity index (χ0n) is 8.12. The Morgan fingerprint density at radius 3 is 2.60 bits per heavy atom. The zero-order chi connectivity index (χ0) is 11.0. The third-order valence-corrected chi connectivity index (χ3v) is 2.08. The number of nitrogen functional groups attached to an aromatic ring is 2. The summed E-state index contributed by atoms with van der Waals surface area (Å²) in [5.74, 6) is 0.131. The maximum absolute atomic E-state index is 12.9. The summed E-state index contributed by atoms with van der Waals surface area (Å²) in [6.07, 6.45) is 0. The zero-order valence-corrected chi connectivity index (χ0v) is 8.12. The SMILES string of the molecule is Cc1oc(N)nc1-c1ccc(F)c(N)c1. The molecule has 2 rings (SSSR count). The van der Waals surface area contributed by atoms with E-state index in [1.54, 1.807) is 13.0 Å². The Bertz CT molecular complexity index is 507. The van der Waals surface area contributed by atoms with E-state index in [1.165, 1.54) is 12.1 Å². The van der Waals surface area contributed by atoms with E-state index < -0.39 is 5.82 Å². The molecule has 4 nitrogen and oxygen atoms in total. The number of hydrogen-bond acceptors (Lipinski definition) is 4. The molecule has 15 heavy (non-hydrogen) atoms. The van der Waals surface area contributed by atoms with Crippen LogP contribution in [0.1, 0.15) is 5.76 Å². The fourth-order valence-corrected chi connectivity index (χ4v) is 1.38. The second kappa shape index (κ2) is 3.27. The van der Waals surface area contributed by atoms with Crippen LogP contribution in [0.5, 0.6) is 0 Å². The van der Waals surface area contributed by atoms with E-state index in [9.17, 15) is 4.39 Å². The van der Waals surface area contributed by atoms with Gasteiger partial charge in [0.15, 0.2) is 0 Å². The molecule has 4 N–H and O–H groups in total. The lowest BCUT2D eigenvalue weighted by atomic mass is 10.1. The molecule has 0 amide bonds. The number of rotatable bonds is 1. The van der Waals surface area contributed by atoms with Gasteiger partial charge in [-0.05, 0) is 25.1 Å². The van der Waals surface area contributed by atoms with Gasteiger partial charge in [-0.1, -0.05) is 0 Å². The van der Waals surface area contributed by atoms with Crippen molar-refractivity contribution in [2.24, 2.45) is 0 Å². The number of aromatic nitrogens is 1. The average Bonchev–Trinajstić information content (AvgIpc) is 2.50. The predicted molar refractivity (Wildman–Crippen MR) is 55.5 cm³/mol. The summed E-state index contributed by atoms with van der Waals surface area (Å²) in [5.41, 5.74) is 12.2. The van der Waals surface area contributed by atoms with Gasteiger partial charge in [0.25, 0.3) is 6.01 Å². The second-order valence-electron chi connectivity index (χ2n) is 3.19. The fraction of sp³-hybridized carbons (Fsp3) is 0.100. The van der Waals surface area contributed by atoms with Crippen LogP contribution in [0, 0.1) is 12.7 Å². The number of nitrogens with zero attached hydrogens (tertiary/aromatic N) is 1. The van der Waals surface area contributed by atoms with Crippen molar-refractivity contribution < 1.29 is 8.81 Å². The van der Waals surface area contributed by atoms with E-state index in [2.05, 4.69) is 4.98 Å². The maximum atomic E-state index is 12.9. The topological polar surface area (TPSA) is 78.1 Å². The van der Waals surface area contributed by atoms with Crippen LogP contribution in [0.2, 0.25) is 0 Å². The molecule has 0 aliphatic carbocycles. The third-order valence-electron chi connectivity index (χ3n) is 2.08. The Balaban J connectivity index is 2.54. The molecule has 0 aliphatic rings. The Hall–Kier alpha value is -2.04. The minimum Gasteiger partial charge on any atom is -0.429 e. The largest absolute Gasteiger partial charge is 0.429 e. The lowest BCUT2D eigenvalue weighted by molar-refractivity contribution is 0.549. The normalized spacial score (nSPS) is 10.5. The van der Waals surface area contributed by atoms with Crippen molar-refractivity contribution in [1.82, 2.24) is 4.98 Å². The van der Waals surface area contributed by atoms with Crippen molar-refractivity contribution in [2.45, 2.75) is 6.92 Å². The lowest BCUT2D eigenvalue weighted by Crippen LogP contribution is -1.91. The highest BCUT2D eigenvalue weighted by Crippen LogP contribution is 2.26. The molecular formula is C10H10FN3O. The molecule has 0 saturated carbocycles. The van der Waals surface area contributed by atoms with Crippen molar-refractivity contribution in [1.29, 1.82) is 0 Å². The van der Waals surface area contributed by atoms with Gasteiger partial charge in [0.05, 0.1) is 5.69 Å². The summed E-state index contributed by atoms with van der Waals surface area (Å²) in [7, 11) is 0. The average molecular weight is 207 g/mol. The Morgan fingerprint density at radius 2 is 2.07 bits per heavy atom. The lowest BCUT2D eigenvalue weighted by Gasteiger charge is -2.00. The van der Waals surface area contributed by atoms with E-state index in [0.29, 0.717) is 17.0 Å². The quantitative estimate of drug-likeness (QED) is 0.700. The molecule has 78 valence electrons. The fourth-order valence-electron chi connectivity index (χ4n) is 1.38. The van der Waals surface area contributed by atoms with Crippen molar-refractivity contribution in [2.75, 3.05) is 11.5 Å². The van der Waals surface area contributed by atoms with Crippen LogP contribution in [-0.2, 0) is 0 Å². The summed E-state index contributed by atoms with van der Waals surface area (Å²) in [4.78, 5) is 3.98. The van der Waals surface area contributed by atoms with Gasteiger partial charge in [-0.15, -0.1) is 0 Å². The Labute approximate surface area is 85.7 Å². The van der Waals surface area contributed by atoms with Crippen molar-refractivity contribution in [3.63, 3.8) is 0 Å². The molecule has 0 aliphatic heterocycles. The van der Waals surface area contributed by atoms with Crippen molar-refractivity contribution in [3.05, 3.63) is 29.8 Å². The molecule has 0 atom stereocenters. The van der Waals surface area contributed by atoms with E-state index in [1.807, 2.05) is 0 Å². The van der Waals surface area contributed by atoms with Crippen molar-refractivity contribution in [3.8, 4) is 11.3 Å². The molecule has 5 heteroatoms. The van der Waals surface area contributed by atoms with E-state index in [-0.39, 0.29) is 11.7 Å². The highest BCUT2D eigenvalue weighted by atomic mass is 19.1. The Morgan fingerprint density at radius 1 is 1.33 bits per heavy atom. The van der Waals surface area contributed by atoms with Gasteiger partial charge in [0, 0.05) is 5.56 Å². The molecule has 0 radical (unpaired) electrons. The van der Waals surface area contributed by atoms with Crippen LogP contribution >= 0.6 is 0 Å². The molecule has 1 aromatic carbocycles. The van der Waals surface area contributed by atoms with Crippen molar-refractivity contribution >= 4 is 11.7 Å². The molecule has 0 bridgehead atoms. The van der Waals surface area contributed by atoms with Crippen LogP contribution < -0.4 is 11.5 Å². The second-order valence-corrected chi connectivity index (χ2v) is 3.19. The number of hydrogen-bond donors (Lipinski definition) is 2. The number of oxazole rings is 1. The number of halogens is 1. The minimum absolute atomic E-state index is 0.0773. The van der Waals surface area contributed by atoms with Crippen LogP contribution in [0.3, 0.4) is 0 Å². The van der Waals surface area contributed by atoms with Gasteiger partial charge in [-0.25, -0.2) is 4.39 Å². The summed E-state index contributed by atoms with van der Waals surface area (Å²) < 4.78 is 18.0. The first-order valence-corrected chi connectivity index (χ1v) is 4.36. The minimum atomic E-state index is -0.451. The van der Waals surface area contributed by atoms with E-state index in [0.717, 1.165) is 0 Å². The number of aryl methyl sites for hydroxylation is 1. The first-order valence-electron chi connectivity index (χ1n) is 4.36. The first kappa shape index (κ1) is 9.51. The Kier molecular flexibility index (Phi) is 2.07. The molecule has 1 heterocycles. The van der Waals surface area contributed by atoms with Gasteiger partial charge in [-0.3, -0.25) is 0 Å². The molecular weight excluding hydrogens is 197 g/mol. The van der Waals surface area contributed by atoms with E-state index >= 15 is 0 Å². The van der Waals surface area contributed by atoms with E-state index in [4.69, 9.17) is 15.9 Å². The van der Waals surface area contributed by atoms with Gasteiger partial charge in [0.2, 0.25) is 0 Å². The van der Waals surface area contributed by atoms with Crippen LogP contribution in [0.4, 0.5) is 16.1 Å². The van der Waals surface area contributed by atoms with Crippen LogP contribution in [0.25, 0.3) is 11.3 Å². The summed E-state index contributed by atoms with van der Waals surface area (Å²) >= 11 is 0. The maximum Gasteiger partial charge on any atom is 0.292 e. The summed E-state index contributed by atoms with van der Waals surface area (Å²) in [6, 6.07) is 4.45. The predicted octanol–water partition coefficient (Wildman–Crippen LogP) is 1.95. The van der Waals surface area contributed by atoms with Gasteiger partial charge >= 0.3 is 0 Å². The smallest absolute Gasteiger partial charge is 0.292 e. The van der Waals surface area contributed by atoms with Crippen LogP contribution in [-0.4, -0.2) is 4.98 Å². The first-order chi connectivity index (χ1) is 7.08. The number of anilines is 2. The molecule has 0 saturated heterocycles. The highest BCUT2D eigenvalue weighted by Gasteiger charge is 2.10. The highest BCUT2D eigenvalue weighted by molar-refractivity contribution is 5.66. The molecule has 0 unspecified atom stereocenters. The van der Waals surface area contributed by atoms with Gasteiger partial charge in [-0.2, -0.15) is 4.98 Å². The molecule has 0 spiro atoms. The monoisotopic (exact) mass is 207 g/mol. The van der Waals surface area contributed by atoms with Gasteiger partial charge < -0.3 is 15.9 Å². The standard InChI is InChI=1S/C10H10FN3O/c1-5-9(14-10(13)15-5)6-2-3-7(11)8(12)4-6/h2-4H,12H2,1H3,(H2,13,14). The third kappa shape index (κ3) is 1.63. The summed E-state index contributed by atoms with van der Waals surface area (Å²) in [6.45, 7) is 1.73. The molecule has 1 aromatic heterocycles. The van der Waals surface area contributed by atoms with Gasteiger partial charge in [0.1, 0.15) is 17.3 Å². The number of benzene rings is 1. The van der Waals surface area contributed by atoms with Crippen LogP contribution in [0.15, 0.2) is 22.6 Å². The number of nitrogens with two attached hydrogens (primary N) is 2. The molecule has 2 aromatic rings. The summed E-state index contributed by atoms with van der Waals surface area (Å²) in [5, 5.41) is 0. The molecule has 0 fully saturated rings.